The Kier molecular flexibility index (Phi) is 9.31. The third-order valence-corrected chi connectivity index (χ3v) is 5.55. The molecule has 3 N–H and O–H groups in total. The maximum atomic E-state index is 12.6. The highest BCUT2D eigenvalue weighted by Gasteiger charge is 2.34. The first-order chi connectivity index (χ1) is 11.6. The Labute approximate surface area is 172 Å². The van der Waals surface area contributed by atoms with Crippen LogP contribution in [0.1, 0.15) is 25.7 Å². The zero-order valence-corrected chi connectivity index (χ0v) is 17.3. The van der Waals surface area contributed by atoms with E-state index in [1.165, 1.54) is 0 Å². The van der Waals surface area contributed by atoms with Crippen LogP contribution in [0.3, 0.4) is 0 Å². The van der Waals surface area contributed by atoms with Gasteiger partial charge in [0.15, 0.2) is 0 Å². The van der Waals surface area contributed by atoms with Crippen LogP contribution in [0.4, 0.5) is 5.69 Å². The van der Waals surface area contributed by atoms with Gasteiger partial charge in [-0.3, -0.25) is 4.79 Å². The van der Waals surface area contributed by atoms with E-state index in [9.17, 15) is 4.79 Å². The van der Waals surface area contributed by atoms with Gasteiger partial charge in [-0.1, -0.05) is 18.0 Å². The number of nitrogens with two attached hydrogens (primary N) is 1. The number of halogens is 3. The van der Waals surface area contributed by atoms with E-state index in [-0.39, 0.29) is 42.7 Å². The molecule has 1 aliphatic carbocycles. The summed E-state index contributed by atoms with van der Waals surface area (Å²) >= 11 is 6.13. The van der Waals surface area contributed by atoms with Crippen molar-refractivity contribution < 1.29 is 9.53 Å². The van der Waals surface area contributed by atoms with Crippen molar-refractivity contribution in [1.82, 2.24) is 5.32 Å². The number of carbonyl (C=O) groups is 1. The van der Waals surface area contributed by atoms with Gasteiger partial charge >= 0.3 is 0 Å². The maximum absolute atomic E-state index is 12.6. The third kappa shape index (κ3) is 5.10. The normalized spacial score (nSPS) is 24.6. The molecule has 2 fully saturated rings. The van der Waals surface area contributed by atoms with Crippen LogP contribution in [0.15, 0.2) is 18.2 Å². The molecule has 1 aromatic rings. The monoisotopic (exact) mass is 423 g/mol. The molecule has 1 aromatic carbocycles. The van der Waals surface area contributed by atoms with Crippen molar-refractivity contribution in [3.63, 3.8) is 0 Å². The molecule has 0 radical (unpaired) electrons. The number of ether oxygens (including phenoxy) is 1. The van der Waals surface area contributed by atoms with Crippen LogP contribution < -0.4 is 20.7 Å². The average molecular weight is 425 g/mol. The van der Waals surface area contributed by atoms with Crippen molar-refractivity contribution in [2.45, 2.75) is 31.7 Å². The number of benzene rings is 1. The Bertz CT molecular complexity index is 603. The number of nitrogens with one attached hydrogen (secondary N) is 1. The Morgan fingerprint density at radius 2 is 2.12 bits per heavy atom. The lowest BCUT2D eigenvalue weighted by atomic mass is 9.95. The maximum Gasteiger partial charge on any atom is 0.223 e. The smallest absolute Gasteiger partial charge is 0.223 e. The van der Waals surface area contributed by atoms with Crippen LogP contribution in [-0.4, -0.2) is 38.7 Å². The lowest BCUT2D eigenvalue weighted by Gasteiger charge is -2.23. The van der Waals surface area contributed by atoms with Gasteiger partial charge in [0.2, 0.25) is 5.91 Å². The van der Waals surface area contributed by atoms with Crippen molar-refractivity contribution in [1.29, 1.82) is 0 Å². The second-order valence-corrected chi connectivity index (χ2v) is 7.23. The van der Waals surface area contributed by atoms with Gasteiger partial charge in [0.25, 0.3) is 0 Å². The van der Waals surface area contributed by atoms with Gasteiger partial charge in [0.05, 0.1) is 12.8 Å². The largest absolute Gasteiger partial charge is 0.495 e. The van der Waals surface area contributed by atoms with Gasteiger partial charge < -0.3 is 20.7 Å². The van der Waals surface area contributed by atoms with E-state index in [4.69, 9.17) is 22.1 Å². The molecule has 1 aliphatic heterocycles. The summed E-state index contributed by atoms with van der Waals surface area (Å²) in [5.41, 5.74) is 6.79. The van der Waals surface area contributed by atoms with E-state index in [1.807, 2.05) is 18.2 Å². The molecule has 1 amide bonds. The SMILES string of the molecule is COc1ccc(Cl)cc1N1CCC(NC(=O)[C@@H]2CCC[C@@H]2CN)C1.Cl.Cl. The first-order valence-corrected chi connectivity index (χ1v) is 9.09. The molecule has 8 heteroatoms. The first-order valence-electron chi connectivity index (χ1n) is 8.71. The number of methoxy groups -OCH3 is 1. The summed E-state index contributed by atoms with van der Waals surface area (Å²) in [5, 5.41) is 3.92. The number of amides is 1. The molecular formula is C18H28Cl3N3O2. The van der Waals surface area contributed by atoms with Gasteiger partial charge in [-0.15, -0.1) is 24.8 Å². The van der Waals surface area contributed by atoms with E-state index < -0.39 is 0 Å². The van der Waals surface area contributed by atoms with Crippen molar-refractivity contribution in [3.05, 3.63) is 23.2 Å². The summed E-state index contributed by atoms with van der Waals surface area (Å²) in [6.45, 7) is 2.27. The van der Waals surface area contributed by atoms with Crippen molar-refractivity contribution in [2.24, 2.45) is 17.6 Å². The summed E-state index contributed by atoms with van der Waals surface area (Å²) in [7, 11) is 1.66. The summed E-state index contributed by atoms with van der Waals surface area (Å²) in [6, 6.07) is 5.80. The number of hydrogen-bond acceptors (Lipinski definition) is 4. The van der Waals surface area contributed by atoms with Crippen LogP contribution >= 0.6 is 36.4 Å². The van der Waals surface area contributed by atoms with Crippen molar-refractivity contribution >= 4 is 48.0 Å². The second kappa shape index (κ2) is 10.5. The van der Waals surface area contributed by atoms with E-state index >= 15 is 0 Å². The average Bonchev–Trinajstić information content (AvgIpc) is 3.23. The van der Waals surface area contributed by atoms with Gasteiger partial charge in [0, 0.05) is 30.1 Å². The van der Waals surface area contributed by atoms with Crippen LogP contribution in [0.25, 0.3) is 0 Å². The molecule has 0 aromatic heterocycles. The minimum atomic E-state index is 0. The molecule has 26 heavy (non-hydrogen) atoms. The Morgan fingerprint density at radius 3 is 2.81 bits per heavy atom. The van der Waals surface area contributed by atoms with Crippen LogP contribution in [0, 0.1) is 11.8 Å². The van der Waals surface area contributed by atoms with E-state index in [1.54, 1.807) is 7.11 Å². The number of carbonyl (C=O) groups excluding carboxylic acids is 1. The molecule has 148 valence electrons. The predicted molar refractivity (Wildman–Crippen MR) is 111 cm³/mol. The predicted octanol–water partition coefficient (Wildman–Crippen LogP) is 3.26. The summed E-state index contributed by atoms with van der Waals surface area (Å²) < 4.78 is 5.44. The van der Waals surface area contributed by atoms with Crippen LogP contribution in [-0.2, 0) is 4.79 Å². The van der Waals surface area contributed by atoms with Crippen molar-refractivity contribution in [3.8, 4) is 5.75 Å². The third-order valence-electron chi connectivity index (χ3n) is 5.31. The molecular weight excluding hydrogens is 397 g/mol. The van der Waals surface area contributed by atoms with E-state index in [2.05, 4.69) is 10.2 Å². The van der Waals surface area contributed by atoms with Gasteiger partial charge in [-0.05, 0) is 49.9 Å². The van der Waals surface area contributed by atoms with Crippen molar-refractivity contribution in [2.75, 3.05) is 31.6 Å². The molecule has 5 nitrogen and oxygen atoms in total. The fourth-order valence-corrected chi connectivity index (χ4v) is 4.15. The number of hydrogen-bond donors (Lipinski definition) is 2. The second-order valence-electron chi connectivity index (χ2n) is 6.79. The number of anilines is 1. The molecule has 0 bridgehead atoms. The zero-order valence-electron chi connectivity index (χ0n) is 14.9. The Hall–Kier alpha value is -0.880. The Morgan fingerprint density at radius 1 is 1.35 bits per heavy atom. The summed E-state index contributed by atoms with van der Waals surface area (Å²) in [5.74, 6) is 1.42. The topological polar surface area (TPSA) is 67.6 Å². The first kappa shape index (κ1) is 23.2. The standard InChI is InChI=1S/C18H26ClN3O2.2ClH/c1-24-17-6-5-13(19)9-16(17)22-8-7-14(11-22)21-18(23)15-4-2-3-12(15)10-20;;/h5-6,9,12,14-15H,2-4,7-8,10-11,20H2,1H3,(H,21,23);2*1H/t12-,14?,15-;;/m1../s1. The molecule has 2 aliphatic rings. The highest BCUT2D eigenvalue weighted by molar-refractivity contribution is 6.30. The minimum Gasteiger partial charge on any atom is -0.495 e. The van der Waals surface area contributed by atoms with Gasteiger partial charge in [-0.2, -0.15) is 0 Å². The highest BCUT2D eigenvalue weighted by atomic mass is 35.5. The molecule has 0 spiro atoms. The van der Waals surface area contributed by atoms with Crippen LogP contribution in [0.5, 0.6) is 5.75 Å². The fraction of sp³-hybridized carbons (Fsp3) is 0.611. The molecule has 1 heterocycles. The van der Waals surface area contributed by atoms with E-state index in [0.717, 1.165) is 50.2 Å². The molecule has 1 saturated heterocycles. The quantitative estimate of drug-likeness (QED) is 0.761. The molecule has 3 atom stereocenters. The van der Waals surface area contributed by atoms with Gasteiger partial charge in [0.1, 0.15) is 5.75 Å². The van der Waals surface area contributed by atoms with Crippen LogP contribution in [0.2, 0.25) is 5.02 Å². The lowest BCUT2D eigenvalue weighted by Crippen LogP contribution is -2.42. The van der Waals surface area contributed by atoms with Gasteiger partial charge in [-0.25, -0.2) is 0 Å². The summed E-state index contributed by atoms with van der Waals surface area (Å²) in [6.07, 6.45) is 4.08. The fourth-order valence-electron chi connectivity index (χ4n) is 3.98. The molecule has 1 saturated carbocycles. The molecule has 3 rings (SSSR count). The highest BCUT2D eigenvalue weighted by Crippen LogP contribution is 2.34. The number of rotatable bonds is 5. The summed E-state index contributed by atoms with van der Waals surface area (Å²) in [4.78, 5) is 14.8. The van der Waals surface area contributed by atoms with E-state index in [0.29, 0.717) is 17.5 Å². The molecule has 1 unspecified atom stereocenters. The zero-order chi connectivity index (χ0) is 17.1. The number of nitrogens with zero attached hydrogens (tertiary/aromatic N) is 1. The lowest BCUT2D eigenvalue weighted by molar-refractivity contribution is -0.126. The minimum absolute atomic E-state index is 0. The Balaban J connectivity index is 0.00000169.